The third-order valence-electron chi connectivity index (χ3n) is 3.91. The van der Waals surface area contributed by atoms with Gasteiger partial charge in [-0.25, -0.2) is 4.98 Å². The summed E-state index contributed by atoms with van der Waals surface area (Å²) < 4.78 is 1.64. The number of imidazole rings is 1. The normalized spacial score (nSPS) is 12.5. The molecule has 0 aliphatic carbocycles. The van der Waals surface area contributed by atoms with Crippen molar-refractivity contribution in [3.63, 3.8) is 0 Å². The fraction of sp³-hybridized carbons (Fsp3) is 0.278. The highest BCUT2D eigenvalue weighted by atomic mass is 16.3. The van der Waals surface area contributed by atoms with Gasteiger partial charge in [0.2, 0.25) is 5.91 Å². The van der Waals surface area contributed by atoms with Crippen LogP contribution in [-0.2, 0) is 4.79 Å². The summed E-state index contributed by atoms with van der Waals surface area (Å²) in [4.78, 5) is 21.1. The van der Waals surface area contributed by atoms with Crippen molar-refractivity contribution >= 4 is 22.5 Å². The van der Waals surface area contributed by atoms with Crippen molar-refractivity contribution in [2.75, 3.05) is 11.9 Å². The minimum Gasteiger partial charge on any atom is -0.394 e. The second-order valence-electron chi connectivity index (χ2n) is 6.00. The lowest BCUT2D eigenvalue weighted by atomic mass is 10.1. The number of carbonyl (C=O) groups excluding carboxylic acids is 1. The highest BCUT2D eigenvalue weighted by Crippen LogP contribution is 2.19. The summed E-state index contributed by atoms with van der Waals surface area (Å²) in [6, 6.07) is 8.83. The predicted molar refractivity (Wildman–Crippen MR) is 92.8 cm³/mol. The molecule has 3 rings (SSSR count). The number of para-hydroxylation sites is 1. The Kier molecular flexibility index (Phi) is 4.57. The van der Waals surface area contributed by atoms with Gasteiger partial charge in [0, 0.05) is 11.6 Å². The molecular formula is C18H20N4O2. The standard InChI is InChI=1S/C18H20N4O2/c1-12(2)16-9-22(11-20-16)17(10-23)18(24)21-14-7-13-5-3-4-6-15(13)19-8-14/h3-9,11-12,17,23H,10H2,1-2H3,(H,21,24). The Balaban J connectivity index is 1.80. The zero-order valence-corrected chi connectivity index (χ0v) is 13.7. The topological polar surface area (TPSA) is 80.0 Å². The molecule has 124 valence electrons. The van der Waals surface area contributed by atoms with Crippen LogP contribution in [0.1, 0.15) is 31.5 Å². The number of hydrogen-bond donors (Lipinski definition) is 2. The number of hydrogen-bond acceptors (Lipinski definition) is 4. The second-order valence-corrected chi connectivity index (χ2v) is 6.00. The molecule has 0 saturated carbocycles. The number of nitrogens with zero attached hydrogens (tertiary/aromatic N) is 3. The molecular weight excluding hydrogens is 304 g/mol. The van der Waals surface area contributed by atoms with Gasteiger partial charge in [-0.3, -0.25) is 9.78 Å². The molecule has 0 aliphatic heterocycles. The number of fused-ring (bicyclic) bond motifs is 1. The van der Waals surface area contributed by atoms with E-state index in [1.807, 2.05) is 44.2 Å². The maximum atomic E-state index is 12.5. The maximum absolute atomic E-state index is 12.5. The van der Waals surface area contributed by atoms with Gasteiger partial charge in [-0.2, -0.15) is 0 Å². The zero-order chi connectivity index (χ0) is 17.1. The molecule has 0 radical (unpaired) electrons. The molecule has 1 amide bonds. The lowest BCUT2D eigenvalue weighted by Crippen LogP contribution is -2.28. The van der Waals surface area contributed by atoms with E-state index < -0.39 is 6.04 Å². The molecule has 0 fully saturated rings. The van der Waals surface area contributed by atoms with E-state index in [-0.39, 0.29) is 18.4 Å². The van der Waals surface area contributed by atoms with E-state index in [1.54, 1.807) is 23.3 Å². The quantitative estimate of drug-likeness (QED) is 0.756. The van der Waals surface area contributed by atoms with E-state index in [2.05, 4.69) is 15.3 Å². The fourth-order valence-corrected chi connectivity index (χ4v) is 2.50. The summed E-state index contributed by atoms with van der Waals surface area (Å²) in [6.45, 7) is 3.75. The molecule has 24 heavy (non-hydrogen) atoms. The van der Waals surface area contributed by atoms with E-state index in [9.17, 15) is 9.90 Å². The van der Waals surface area contributed by atoms with Crippen molar-refractivity contribution in [1.29, 1.82) is 0 Å². The predicted octanol–water partition coefficient (Wildman–Crippen LogP) is 2.73. The van der Waals surface area contributed by atoms with Gasteiger partial charge in [0.05, 0.1) is 36.0 Å². The average Bonchev–Trinajstić information content (AvgIpc) is 3.05. The van der Waals surface area contributed by atoms with E-state index in [1.165, 1.54) is 0 Å². The lowest BCUT2D eigenvalue weighted by molar-refractivity contribution is -0.120. The summed E-state index contributed by atoms with van der Waals surface area (Å²) in [5.41, 5.74) is 2.35. The molecule has 6 nitrogen and oxygen atoms in total. The SMILES string of the molecule is CC(C)c1cn(C(CO)C(=O)Nc2cnc3ccccc3c2)cn1. The highest BCUT2D eigenvalue weighted by molar-refractivity contribution is 5.95. The van der Waals surface area contributed by atoms with Gasteiger partial charge in [-0.1, -0.05) is 32.0 Å². The largest absolute Gasteiger partial charge is 0.394 e. The summed E-state index contributed by atoms with van der Waals surface area (Å²) in [7, 11) is 0. The van der Waals surface area contributed by atoms with Crippen LogP contribution in [0.5, 0.6) is 0 Å². The van der Waals surface area contributed by atoms with Gasteiger partial charge in [-0.15, -0.1) is 0 Å². The van der Waals surface area contributed by atoms with E-state index in [4.69, 9.17) is 0 Å². The average molecular weight is 324 g/mol. The minimum atomic E-state index is -0.725. The number of carbonyl (C=O) groups is 1. The summed E-state index contributed by atoms with van der Waals surface area (Å²) in [5, 5.41) is 13.4. The first-order valence-corrected chi connectivity index (χ1v) is 7.88. The molecule has 0 bridgehead atoms. The van der Waals surface area contributed by atoms with Gasteiger partial charge >= 0.3 is 0 Å². The molecule has 2 N–H and O–H groups in total. The number of amides is 1. The highest BCUT2D eigenvalue weighted by Gasteiger charge is 2.20. The van der Waals surface area contributed by atoms with E-state index >= 15 is 0 Å². The Morgan fingerprint density at radius 3 is 2.79 bits per heavy atom. The molecule has 2 aromatic heterocycles. The Morgan fingerprint density at radius 2 is 2.08 bits per heavy atom. The number of aromatic nitrogens is 3. The fourth-order valence-electron chi connectivity index (χ4n) is 2.50. The second kappa shape index (κ2) is 6.80. The lowest BCUT2D eigenvalue weighted by Gasteiger charge is -2.15. The van der Waals surface area contributed by atoms with Crippen LogP contribution in [0.4, 0.5) is 5.69 Å². The van der Waals surface area contributed by atoms with Crippen molar-refractivity contribution in [2.24, 2.45) is 0 Å². The first kappa shape index (κ1) is 16.1. The molecule has 0 spiro atoms. The first-order chi connectivity index (χ1) is 11.6. The molecule has 1 aromatic carbocycles. The zero-order valence-electron chi connectivity index (χ0n) is 13.7. The van der Waals surface area contributed by atoms with E-state index in [0.717, 1.165) is 16.6 Å². The summed E-state index contributed by atoms with van der Waals surface area (Å²) in [5.74, 6) is -0.0411. The van der Waals surface area contributed by atoms with Crippen LogP contribution in [0, 0.1) is 0 Å². The maximum Gasteiger partial charge on any atom is 0.249 e. The third kappa shape index (κ3) is 3.28. The molecule has 1 atom stereocenters. The number of pyridine rings is 1. The van der Waals surface area contributed by atoms with Crippen LogP contribution in [0.3, 0.4) is 0 Å². The van der Waals surface area contributed by atoms with Gasteiger partial charge in [0.1, 0.15) is 6.04 Å². The molecule has 0 aliphatic rings. The summed E-state index contributed by atoms with van der Waals surface area (Å²) >= 11 is 0. The number of aliphatic hydroxyl groups is 1. The van der Waals surface area contributed by atoms with Crippen LogP contribution in [0.25, 0.3) is 10.9 Å². The van der Waals surface area contributed by atoms with Crippen LogP contribution in [0.2, 0.25) is 0 Å². The van der Waals surface area contributed by atoms with Crippen molar-refractivity contribution in [2.45, 2.75) is 25.8 Å². The number of aliphatic hydroxyl groups excluding tert-OH is 1. The minimum absolute atomic E-state index is 0.262. The van der Waals surface area contributed by atoms with Crippen LogP contribution in [-0.4, -0.2) is 32.2 Å². The van der Waals surface area contributed by atoms with Gasteiger partial charge in [-0.05, 0) is 18.1 Å². The van der Waals surface area contributed by atoms with Crippen LogP contribution < -0.4 is 5.32 Å². The number of rotatable bonds is 5. The Hall–Kier alpha value is -2.73. The number of nitrogens with one attached hydrogen (secondary N) is 1. The molecule has 6 heteroatoms. The third-order valence-corrected chi connectivity index (χ3v) is 3.91. The number of anilines is 1. The number of benzene rings is 1. The Bertz CT molecular complexity index is 857. The smallest absolute Gasteiger partial charge is 0.249 e. The van der Waals surface area contributed by atoms with Crippen LogP contribution >= 0.6 is 0 Å². The monoisotopic (exact) mass is 324 g/mol. The molecule has 0 saturated heterocycles. The van der Waals surface area contributed by atoms with Gasteiger partial charge in [0.15, 0.2) is 0 Å². The van der Waals surface area contributed by atoms with Crippen molar-refractivity contribution in [3.8, 4) is 0 Å². The van der Waals surface area contributed by atoms with Crippen molar-refractivity contribution in [3.05, 3.63) is 54.7 Å². The van der Waals surface area contributed by atoms with Crippen LogP contribution in [0.15, 0.2) is 49.1 Å². The Labute approximate surface area is 140 Å². The Morgan fingerprint density at radius 1 is 1.29 bits per heavy atom. The molecule has 3 aromatic rings. The summed E-state index contributed by atoms with van der Waals surface area (Å²) in [6.07, 6.45) is 4.99. The molecule has 1 unspecified atom stereocenters. The van der Waals surface area contributed by atoms with Gasteiger partial charge < -0.3 is 15.0 Å². The van der Waals surface area contributed by atoms with Gasteiger partial charge in [0.25, 0.3) is 0 Å². The van der Waals surface area contributed by atoms with Crippen molar-refractivity contribution in [1.82, 2.24) is 14.5 Å². The van der Waals surface area contributed by atoms with E-state index in [0.29, 0.717) is 5.69 Å². The first-order valence-electron chi connectivity index (χ1n) is 7.88. The molecule has 2 heterocycles. The van der Waals surface area contributed by atoms with Crippen molar-refractivity contribution < 1.29 is 9.90 Å².